The molecule has 0 atom stereocenters. The molecule has 0 unspecified atom stereocenters. The zero-order chi connectivity index (χ0) is 12.7. The summed E-state index contributed by atoms with van der Waals surface area (Å²) in [5.41, 5.74) is 0. The van der Waals surface area contributed by atoms with Crippen LogP contribution in [0, 0.1) is 0 Å². The average Bonchev–Trinajstić information content (AvgIpc) is 2.18. The molecule has 1 rings (SSSR count). The predicted octanol–water partition coefficient (Wildman–Crippen LogP) is 1.35. The first-order valence-electron chi connectivity index (χ1n) is 5.71. The van der Waals surface area contributed by atoms with Crippen molar-refractivity contribution in [1.82, 2.24) is 0 Å². The first-order valence-corrected chi connectivity index (χ1v) is 7.29. The molecular formula is C11H23NO3S. The van der Waals surface area contributed by atoms with Crippen LogP contribution in [-0.4, -0.2) is 49.9 Å². The lowest BCUT2D eigenvalue weighted by Crippen LogP contribution is -2.47. The lowest BCUT2D eigenvalue weighted by molar-refractivity contribution is -0.912. The second kappa shape index (κ2) is 7.04. The topological polar surface area (TPSA) is 57.2 Å². The number of quaternary nitrogens is 1. The van der Waals surface area contributed by atoms with E-state index in [-0.39, 0.29) is 0 Å². The molecule has 0 radical (unpaired) electrons. The lowest BCUT2D eigenvalue weighted by atomic mass is 10.1. The van der Waals surface area contributed by atoms with Crippen LogP contribution in [0.5, 0.6) is 0 Å². The summed E-state index contributed by atoms with van der Waals surface area (Å²) >= 11 is 0. The number of rotatable bonds is 3. The summed E-state index contributed by atoms with van der Waals surface area (Å²) in [6, 6.07) is 0. The van der Waals surface area contributed by atoms with Crippen LogP contribution in [-0.2, 0) is 10.1 Å². The molecule has 5 heteroatoms. The molecule has 1 aliphatic rings. The molecule has 96 valence electrons. The van der Waals surface area contributed by atoms with E-state index < -0.39 is 15.9 Å². The van der Waals surface area contributed by atoms with Crippen LogP contribution < -0.4 is 0 Å². The molecule has 0 aromatic carbocycles. The molecule has 4 nitrogen and oxygen atoms in total. The summed E-state index contributed by atoms with van der Waals surface area (Å²) < 4.78 is 30.1. The van der Waals surface area contributed by atoms with Gasteiger partial charge in [-0.15, -0.1) is 6.58 Å². The highest BCUT2D eigenvalue weighted by molar-refractivity contribution is 7.85. The second-order valence-electron chi connectivity index (χ2n) is 4.46. The number of hydrogen-bond donors (Lipinski definition) is 0. The van der Waals surface area contributed by atoms with Gasteiger partial charge >= 0.3 is 0 Å². The quantitative estimate of drug-likeness (QED) is 0.431. The number of nitrogens with zero attached hydrogens (tertiary/aromatic N) is 1. The highest BCUT2D eigenvalue weighted by Crippen LogP contribution is 2.14. The SMILES string of the molecule is C=CCS(=O)(=O)[O-].CC[N+]1(C)CCCCC1. The Morgan fingerprint density at radius 2 is 1.81 bits per heavy atom. The molecule has 1 heterocycles. The average molecular weight is 249 g/mol. The molecule has 16 heavy (non-hydrogen) atoms. The Labute approximate surface area is 99.3 Å². The predicted molar refractivity (Wildman–Crippen MR) is 65.1 cm³/mol. The summed E-state index contributed by atoms with van der Waals surface area (Å²) in [5.74, 6) is -0.479. The van der Waals surface area contributed by atoms with Gasteiger partial charge in [-0.2, -0.15) is 0 Å². The Morgan fingerprint density at radius 1 is 1.31 bits per heavy atom. The fourth-order valence-electron chi connectivity index (χ4n) is 1.74. The van der Waals surface area contributed by atoms with Crippen molar-refractivity contribution in [3.63, 3.8) is 0 Å². The highest BCUT2D eigenvalue weighted by Gasteiger charge is 2.21. The van der Waals surface area contributed by atoms with Gasteiger partial charge in [0.2, 0.25) is 0 Å². The molecule has 1 fully saturated rings. The Balaban J connectivity index is 0.000000293. The van der Waals surface area contributed by atoms with E-state index in [1.54, 1.807) is 0 Å². The van der Waals surface area contributed by atoms with E-state index in [4.69, 9.17) is 0 Å². The van der Waals surface area contributed by atoms with Gasteiger partial charge in [-0.3, -0.25) is 0 Å². The summed E-state index contributed by atoms with van der Waals surface area (Å²) in [5, 5.41) is 0. The van der Waals surface area contributed by atoms with Crippen molar-refractivity contribution in [1.29, 1.82) is 0 Å². The standard InChI is InChI=1S/C8H18N.C3H6O3S/c1-3-9(2)7-5-4-6-8-9;1-2-3-7(4,5)6/h3-8H2,1-2H3;2H,1,3H2,(H,4,5,6)/q+1;/p-1. The molecule has 0 aliphatic carbocycles. The Bertz CT molecular complexity index is 292. The molecule has 0 N–H and O–H groups in total. The Hall–Kier alpha value is -0.390. The minimum atomic E-state index is -4.04. The van der Waals surface area contributed by atoms with E-state index in [0.717, 1.165) is 6.08 Å². The zero-order valence-electron chi connectivity index (χ0n) is 10.3. The van der Waals surface area contributed by atoms with Crippen molar-refractivity contribution < 1.29 is 17.5 Å². The summed E-state index contributed by atoms with van der Waals surface area (Å²) in [7, 11) is -1.67. The zero-order valence-corrected chi connectivity index (χ0v) is 11.1. The molecular weight excluding hydrogens is 226 g/mol. The maximum atomic E-state index is 9.60. The third kappa shape index (κ3) is 7.84. The van der Waals surface area contributed by atoms with Gasteiger partial charge in [0.15, 0.2) is 0 Å². The Morgan fingerprint density at radius 3 is 2.00 bits per heavy atom. The van der Waals surface area contributed by atoms with Crippen LogP contribution in [0.15, 0.2) is 12.7 Å². The van der Waals surface area contributed by atoms with Gasteiger partial charge in [0.05, 0.1) is 42.6 Å². The fourth-order valence-corrected chi connectivity index (χ4v) is 2.02. The highest BCUT2D eigenvalue weighted by atomic mass is 32.2. The van der Waals surface area contributed by atoms with Crippen LogP contribution in [0.2, 0.25) is 0 Å². The molecule has 0 saturated carbocycles. The third-order valence-corrected chi connectivity index (χ3v) is 3.63. The molecule has 1 saturated heterocycles. The summed E-state index contributed by atoms with van der Waals surface area (Å²) in [6.45, 7) is 9.51. The van der Waals surface area contributed by atoms with Gasteiger partial charge in [-0.05, 0) is 26.2 Å². The van der Waals surface area contributed by atoms with E-state index in [1.807, 2.05) is 0 Å². The molecule has 0 aromatic heterocycles. The first kappa shape index (κ1) is 15.6. The van der Waals surface area contributed by atoms with Gasteiger partial charge in [-0.1, -0.05) is 6.08 Å². The number of likely N-dealkylation sites (tertiary alicyclic amines) is 1. The van der Waals surface area contributed by atoms with E-state index in [1.165, 1.54) is 43.4 Å². The number of hydrogen-bond acceptors (Lipinski definition) is 3. The van der Waals surface area contributed by atoms with Gasteiger partial charge in [0.1, 0.15) is 0 Å². The molecule has 0 aromatic rings. The first-order chi connectivity index (χ1) is 7.33. The lowest BCUT2D eigenvalue weighted by Gasteiger charge is -2.36. The van der Waals surface area contributed by atoms with Crippen LogP contribution in [0.4, 0.5) is 0 Å². The monoisotopic (exact) mass is 249 g/mol. The minimum absolute atomic E-state index is 0.479. The van der Waals surface area contributed by atoms with Crippen LogP contribution >= 0.6 is 0 Å². The van der Waals surface area contributed by atoms with Crippen molar-refractivity contribution in [3.8, 4) is 0 Å². The van der Waals surface area contributed by atoms with Crippen molar-refractivity contribution >= 4 is 10.1 Å². The molecule has 1 aliphatic heterocycles. The van der Waals surface area contributed by atoms with Crippen molar-refractivity contribution in [2.75, 3.05) is 32.4 Å². The summed E-state index contributed by atoms with van der Waals surface area (Å²) in [4.78, 5) is 0. The normalized spacial score (nSPS) is 19.4. The van der Waals surface area contributed by atoms with E-state index in [0.29, 0.717) is 0 Å². The van der Waals surface area contributed by atoms with E-state index in [2.05, 4.69) is 20.6 Å². The third-order valence-electron chi connectivity index (χ3n) is 2.98. The number of piperidine rings is 1. The summed E-state index contributed by atoms with van der Waals surface area (Å²) in [6.07, 6.45) is 5.42. The van der Waals surface area contributed by atoms with Crippen LogP contribution in [0.3, 0.4) is 0 Å². The van der Waals surface area contributed by atoms with Crippen molar-refractivity contribution in [3.05, 3.63) is 12.7 Å². The van der Waals surface area contributed by atoms with E-state index in [9.17, 15) is 13.0 Å². The second-order valence-corrected chi connectivity index (χ2v) is 5.91. The maximum Gasteiger partial charge on any atom is 0.0982 e. The maximum absolute atomic E-state index is 9.60. The van der Waals surface area contributed by atoms with Crippen LogP contribution in [0.25, 0.3) is 0 Å². The smallest absolute Gasteiger partial charge is 0.0982 e. The molecule has 0 bridgehead atoms. The van der Waals surface area contributed by atoms with Crippen molar-refractivity contribution in [2.24, 2.45) is 0 Å². The van der Waals surface area contributed by atoms with Gasteiger partial charge in [0, 0.05) is 0 Å². The van der Waals surface area contributed by atoms with E-state index >= 15 is 0 Å². The van der Waals surface area contributed by atoms with Gasteiger partial charge in [-0.25, -0.2) is 8.42 Å². The van der Waals surface area contributed by atoms with Crippen molar-refractivity contribution in [2.45, 2.75) is 26.2 Å². The minimum Gasteiger partial charge on any atom is -0.748 e. The fraction of sp³-hybridized carbons (Fsp3) is 0.818. The van der Waals surface area contributed by atoms with Gasteiger partial charge in [0.25, 0.3) is 0 Å². The molecule has 0 amide bonds. The van der Waals surface area contributed by atoms with Crippen LogP contribution in [0.1, 0.15) is 26.2 Å². The van der Waals surface area contributed by atoms with Gasteiger partial charge < -0.3 is 9.04 Å². The largest absolute Gasteiger partial charge is 0.748 e. The Kier molecular flexibility index (Phi) is 6.87. The molecule has 0 spiro atoms.